The van der Waals surface area contributed by atoms with Crippen molar-refractivity contribution in [1.82, 2.24) is 5.32 Å². The second-order valence-corrected chi connectivity index (χ2v) is 6.19. The predicted octanol–water partition coefficient (Wildman–Crippen LogP) is 1.90. The summed E-state index contributed by atoms with van der Waals surface area (Å²) in [5.41, 5.74) is 0. The van der Waals surface area contributed by atoms with Crippen molar-refractivity contribution in [2.75, 3.05) is 13.2 Å². The maximum atomic E-state index is 12.4. The Morgan fingerprint density at radius 3 is 2.48 bits per heavy atom. The SMILES string of the molecule is CCCCCCNC(=O)C1OB(CC)OC1C1COB(CC)O1. The molecule has 0 saturated carbocycles. The lowest BCUT2D eigenvalue weighted by Gasteiger charge is -2.22. The van der Waals surface area contributed by atoms with Crippen molar-refractivity contribution in [1.29, 1.82) is 0 Å². The maximum absolute atomic E-state index is 12.4. The Labute approximate surface area is 140 Å². The lowest BCUT2D eigenvalue weighted by atomic mass is 9.86. The van der Waals surface area contributed by atoms with Crippen LogP contribution < -0.4 is 5.32 Å². The summed E-state index contributed by atoms with van der Waals surface area (Å²) in [5.74, 6) is -0.106. The van der Waals surface area contributed by atoms with Crippen molar-refractivity contribution in [3.05, 3.63) is 0 Å². The van der Waals surface area contributed by atoms with Crippen LogP contribution in [-0.2, 0) is 23.4 Å². The van der Waals surface area contributed by atoms with E-state index in [4.69, 9.17) is 18.6 Å². The van der Waals surface area contributed by atoms with Crippen LogP contribution in [0.5, 0.6) is 0 Å². The summed E-state index contributed by atoms with van der Waals surface area (Å²) in [6.45, 7) is 7.29. The Hall–Kier alpha value is -0.560. The molecule has 8 heteroatoms. The third-order valence-corrected chi connectivity index (χ3v) is 4.30. The van der Waals surface area contributed by atoms with E-state index < -0.39 is 12.2 Å². The first kappa shape index (κ1) is 18.8. The van der Waals surface area contributed by atoms with Gasteiger partial charge in [0.2, 0.25) is 5.91 Å². The van der Waals surface area contributed by atoms with Gasteiger partial charge >= 0.3 is 14.2 Å². The molecular formula is C15H29B2NO5. The molecule has 2 aliphatic rings. The summed E-state index contributed by atoms with van der Waals surface area (Å²) >= 11 is 0. The van der Waals surface area contributed by atoms with E-state index in [2.05, 4.69) is 12.2 Å². The molecule has 0 aliphatic carbocycles. The number of hydrogen-bond acceptors (Lipinski definition) is 5. The van der Waals surface area contributed by atoms with Crippen LogP contribution in [0.1, 0.15) is 46.5 Å². The summed E-state index contributed by atoms with van der Waals surface area (Å²) in [6, 6.07) is 0. The number of hydrogen-bond donors (Lipinski definition) is 1. The van der Waals surface area contributed by atoms with Gasteiger partial charge in [-0.2, -0.15) is 0 Å². The van der Waals surface area contributed by atoms with Gasteiger partial charge in [-0.1, -0.05) is 40.0 Å². The second kappa shape index (κ2) is 9.67. The van der Waals surface area contributed by atoms with E-state index in [0.29, 0.717) is 19.5 Å². The zero-order chi connectivity index (χ0) is 16.7. The van der Waals surface area contributed by atoms with Crippen LogP contribution in [0.4, 0.5) is 0 Å². The molecule has 0 bridgehead atoms. The average molecular weight is 325 g/mol. The van der Waals surface area contributed by atoms with Crippen LogP contribution >= 0.6 is 0 Å². The molecule has 2 heterocycles. The predicted molar refractivity (Wildman–Crippen MR) is 90.2 cm³/mol. The van der Waals surface area contributed by atoms with E-state index in [1.165, 1.54) is 12.8 Å². The molecule has 2 fully saturated rings. The summed E-state index contributed by atoms with van der Waals surface area (Å²) in [6.07, 6.45) is 4.76. The minimum Gasteiger partial charge on any atom is -0.408 e. The molecule has 0 aromatic heterocycles. The first-order valence-corrected chi connectivity index (χ1v) is 9.05. The normalized spacial score (nSPS) is 27.7. The highest BCUT2D eigenvalue weighted by molar-refractivity contribution is 6.46. The topological polar surface area (TPSA) is 66.0 Å². The second-order valence-electron chi connectivity index (χ2n) is 6.19. The minimum atomic E-state index is -0.615. The van der Waals surface area contributed by atoms with E-state index in [0.717, 1.165) is 19.2 Å². The fourth-order valence-corrected chi connectivity index (χ4v) is 2.93. The van der Waals surface area contributed by atoms with E-state index in [1.54, 1.807) is 0 Å². The molecule has 23 heavy (non-hydrogen) atoms. The molecule has 1 amide bonds. The Kier molecular flexibility index (Phi) is 7.89. The van der Waals surface area contributed by atoms with Crippen molar-refractivity contribution >= 4 is 20.1 Å². The summed E-state index contributed by atoms with van der Waals surface area (Å²) in [4.78, 5) is 12.4. The molecule has 3 unspecified atom stereocenters. The molecule has 0 aromatic carbocycles. The van der Waals surface area contributed by atoms with Gasteiger partial charge in [-0.15, -0.1) is 0 Å². The van der Waals surface area contributed by atoms with Gasteiger partial charge in [-0.05, 0) is 19.1 Å². The van der Waals surface area contributed by atoms with Gasteiger partial charge in [0.15, 0.2) is 0 Å². The lowest BCUT2D eigenvalue weighted by molar-refractivity contribution is -0.130. The molecule has 0 aromatic rings. The van der Waals surface area contributed by atoms with E-state index in [9.17, 15) is 4.79 Å². The van der Waals surface area contributed by atoms with Gasteiger partial charge in [-0.3, -0.25) is 4.79 Å². The Morgan fingerprint density at radius 2 is 1.83 bits per heavy atom. The smallest absolute Gasteiger partial charge is 0.408 e. The number of rotatable bonds is 9. The van der Waals surface area contributed by atoms with Crippen molar-refractivity contribution < 1.29 is 23.4 Å². The fourth-order valence-electron chi connectivity index (χ4n) is 2.93. The van der Waals surface area contributed by atoms with Gasteiger partial charge in [0.25, 0.3) is 0 Å². The van der Waals surface area contributed by atoms with Crippen molar-refractivity contribution in [3.63, 3.8) is 0 Å². The van der Waals surface area contributed by atoms with Gasteiger partial charge in [0.05, 0.1) is 12.7 Å². The third-order valence-electron chi connectivity index (χ3n) is 4.30. The van der Waals surface area contributed by atoms with Crippen LogP contribution in [0, 0.1) is 0 Å². The standard InChI is InChI=1S/C15H29B2NO5/c1-4-7-8-9-10-18-15(19)14-13(22-17(6-3)23-14)12-11-20-16(5-2)21-12/h12-14H,4-11H2,1-3H3,(H,18,19). The van der Waals surface area contributed by atoms with Crippen LogP contribution in [0.15, 0.2) is 0 Å². The van der Waals surface area contributed by atoms with Crippen LogP contribution in [0.25, 0.3) is 0 Å². The quantitative estimate of drug-likeness (QED) is 0.518. The van der Waals surface area contributed by atoms with Crippen LogP contribution in [0.2, 0.25) is 12.6 Å². The largest absolute Gasteiger partial charge is 0.457 e. The number of carbonyl (C=O) groups excluding carboxylic acids is 1. The first-order valence-electron chi connectivity index (χ1n) is 9.05. The van der Waals surface area contributed by atoms with Gasteiger partial charge in [0.1, 0.15) is 12.2 Å². The maximum Gasteiger partial charge on any atom is 0.457 e. The Balaban J connectivity index is 1.85. The zero-order valence-electron chi connectivity index (χ0n) is 14.6. The number of carbonyl (C=O) groups is 1. The van der Waals surface area contributed by atoms with E-state index in [-0.39, 0.29) is 26.2 Å². The number of unbranched alkanes of at least 4 members (excludes halogenated alkanes) is 3. The summed E-state index contributed by atoms with van der Waals surface area (Å²) in [5, 5.41) is 2.97. The highest BCUT2D eigenvalue weighted by Gasteiger charge is 2.49. The molecule has 2 aliphatic heterocycles. The third kappa shape index (κ3) is 5.21. The monoisotopic (exact) mass is 325 g/mol. The fraction of sp³-hybridized carbons (Fsp3) is 0.933. The van der Waals surface area contributed by atoms with Crippen molar-refractivity contribution in [2.45, 2.75) is 77.4 Å². The molecule has 2 rings (SSSR count). The Bertz CT molecular complexity index is 374. The number of amides is 1. The van der Waals surface area contributed by atoms with E-state index in [1.807, 2.05) is 13.8 Å². The molecule has 2 saturated heterocycles. The van der Waals surface area contributed by atoms with Gasteiger partial charge in [0, 0.05) is 6.54 Å². The minimum absolute atomic E-state index is 0.106. The van der Waals surface area contributed by atoms with E-state index >= 15 is 0 Å². The molecule has 0 spiro atoms. The Morgan fingerprint density at radius 1 is 1.04 bits per heavy atom. The van der Waals surface area contributed by atoms with Crippen molar-refractivity contribution in [2.24, 2.45) is 0 Å². The average Bonchev–Trinajstić information content (AvgIpc) is 3.20. The number of nitrogens with one attached hydrogen (secondary N) is 1. The molecular weight excluding hydrogens is 296 g/mol. The first-order chi connectivity index (χ1) is 11.2. The highest BCUT2D eigenvalue weighted by atomic mass is 16.7. The lowest BCUT2D eigenvalue weighted by Crippen LogP contribution is -2.46. The summed E-state index contributed by atoms with van der Waals surface area (Å²) < 4.78 is 23.0. The van der Waals surface area contributed by atoms with Crippen LogP contribution in [0.3, 0.4) is 0 Å². The zero-order valence-corrected chi connectivity index (χ0v) is 14.6. The molecule has 0 radical (unpaired) electrons. The van der Waals surface area contributed by atoms with Gasteiger partial charge < -0.3 is 23.9 Å². The van der Waals surface area contributed by atoms with Gasteiger partial charge in [-0.25, -0.2) is 0 Å². The molecule has 130 valence electrons. The molecule has 1 N–H and O–H groups in total. The van der Waals surface area contributed by atoms with Crippen molar-refractivity contribution in [3.8, 4) is 0 Å². The molecule has 6 nitrogen and oxygen atoms in total. The van der Waals surface area contributed by atoms with Crippen LogP contribution in [-0.4, -0.2) is 51.6 Å². The summed E-state index contributed by atoms with van der Waals surface area (Å²) in [7, 11) is -0.554. The molecule has 3 atom stereocenters. The highest BCUT2D eigenvalue weighted by Crippen LogP contribution is 2.27.